The summed E-state index contributed by atoms with van der Waals surface area (Å²) in [5.74, 6) is -1.16. The molecular weight excluding hydrogens is 344 g/mol. The van der Waals surface area contributed by atoms with E-state index in [2.05, 4.69) is 0 Å². The molecule has 1 atom stereocenters. The fourth-order valence-electron chi connectivity index (χ4n) is 2.83. The summed E-state index contributed by atoms with van der Waals surface area (Å²) >= 11 is 1.31. The second-order valence-electron chi connectivity index (χ2n) is 7.00. The van der Waals surface area contributed by atoms with Gasteiger partial charge in [0, 0.05) is 23.5 Å². The highest BCUT2D eigenvalue weighted by Crippen LogP contribution is 2.37. The summed E-state index contributed by atoms with van der Waals surface area (Å²) in [6, 6.07) is 0. The predicted molar refractivity (Wildman–Crippen MR) is 92.0 cm³/mol. The molecule has 134 valence electrons. The van der Waals surface area contributed by atoms with E-state index in [0.717, 1.165) is 15.3 Å². The van der Waals surface area contributed by atoms with Gasteiger partial charge in [0.05, 0.1) is 24.8 Å². The van der Waals surface area contributed by atoms with Crippen molar-refractivity contribution < 1.29 is 23.9 Å². The number of anilines is 1. The molecule has 8 heteroatoms. The molecular formula is C17H20N2O5S. The molecule has 1 unspecified atom stereocenters. The number of carbonyl (C=O) groups excluding carboxylic acids is 3. The molecule has 3 heterocycles. The first-order chi connectivity index (χ1) is 11.7. The summed E-state index contributed by atoms with van der Waals surface area (Å²) in [5, 5.41) is 0.401. The molecule has 25 heavy (non-hydrogen) atoms. The van der Waals surface area contributed by atoms with Gasteiger partial charge < -0.3 is 15.2 Å². The number of ether oxygens (including phenoxy) is 2. The maximum atomic E-state index is 12.5. The van der Waals surface area contributed by atoms with Crippen LogP contribution in [0.3, 0.4) is 0 Å². The fraction of sp³-hybridized carbons (Fsp3) is 0.471. The van der Waals surface area contributed by atoms with Gasteiger partial charge in [-0.3, -0.25) is 14.5 Å². The first kappa shape index (κ1) is 17.6. The van der Waals surface area contributed by atoms with Crippen LogP contribution in [0.25, 0.3) is 0 Å². The van der Waals surface area contributed by atoms with Gasteiger partial charge in [-0.25, -0.2) is 4.79 Å². The summed E-state index contributed by atoms with van der Waals surface area (Å²) in [4.78, 5) is 37.9. The summed E-state index contributed by atoms with van der Waals surface area (Å²) in [6.07, 6.45) is 2.50. The zero-order valence-corrected chi connectivity index (χ0v) is 15.1. The Labute approximate surface area is 149 Å². The van der Waals surface area contributed by atoms with Crippen LogP contribution in [0.5, 0.6) is 0 Å². The monoisotopic (exact) mass is 364 g/mol. The zero-order valence-electron chi connectivity index (χ0n) is 14.3. The van der Waals surface area contributed by atoms with E-state index in [4.69, 9.17) is 15.2 Å². The molecule has 0 saturated carbocycles. The highest BCUT2D eigenvalue weighted by molar-refractivity contribution is 7.16. The normalized spacial score (nSPS) is 20.1. The van der Waals surface area contributed by atoms with E-state index in [1.54, 1.807) is 20.8 Å². The molecule has 2 N–H and O–H groups in total. The smallest absolute Gasteiger partial charge is 0.341 e. The molecule has 0 spiro atoms. The SMILES string of the molecule is CC(C)(C)OC(=O)c1c(N)sc2c1CC(CN1C(=O)C=CC1=O)OC2. The van der Waals surface area contributed by atoms with Crippen molar-refractivity contribution in [2.45, 2.75) is 45.5 Å². The number of nitrogen functional groups attached to an aromatic ring is 1. The average Bonchev–Trinajstić information content (AvgIpc) is 2.98. The zero-order chi connectivity index (χ0) is 18.4. The van der Waals surface area contributed by atoms with Crippen molar-refractivity contribution in [3.63, 3.8) is 0 Å². The van der Waals surface area contributed by atoms with Crippen molar-refractivity contribution in [3.8, 4) is 0 Å². The van der Waals surface area contributed by atoms with E-state index in [9.17, 15) is 14.4 Å². The van der Waals surface area contributed by atoms with E-state index < -0.39 is 11.6 Å². The summed E-state index contributed by atoms with van der Waals surface area (Å²) < 4.78 is 11.2. The lowest BCUT2D eigenvalue weighted by Gasteiger charge is -2.27. The number of imide groups is 1. The number of nitrogens with two attached hydrogens (primary N) is 1. The number of hydrogen-bond acceptors (Lipinski definition) is 7. The Morgan fingerprint density at radius 3 is 2.60 bits per heavy atom. The average molecular weight is 364 g/mol. The number of carbonyl (C=O) groups is 3. The number of amides is 2. The number of fused-ring (bicyclic) bond motifs is 1. The Hall–Kier alpha value is -2.19. The molecule has 2 aliphatic heterocycles. The second kappa shape index (κ2) is 6.27. The van der Waals surface area contributed by atoms with Crippen LogP contribution in [0, 0.1) is 0 Å². The first-order valence-corrected chi connectivity index (χ1v) is 8.76. The Balaban J connectivity index is 1.79. The molecule has 0 saturated heterocycles. The number of rotatable bonds is 3. The van der Waals surface area contributed by atoms with Gasteiger partial charge in [-0.1, -0.05) is 0 Å². The van der Waals surface area contributed by atoms with E-state index in [0.29, 0.717) is 23.6 Å². The number of nitrogens with zero attached hydrogens (tertiary/aromatic N) is 1. The highest BCUT2D eigenvalue weighted by atomic mass is 32.1. The van der Waals surface area contributed by atoms with Crippen molar-refractivity contribution in [1.82, 2.24) is 4.90 Å². The minimum atomic E-state index is -0.622. The largest absolute Gasteiger partial charge is 0.456 e. The Morgan fingerprint density at radius 1 is 1.36 bits per heavy atom. The van der Waals surface area contributed by atoms with Gasteiger partial charge in [-0.05, 0) is 26.3 Å². The van der Waals surface area contributed by atoms with Gasteiger partial charge >= 0.3 is 5.97 Å². The third kappa shape index (κ3) is 3.59. The maximum absolute atomic E-state index is 12.5. The second-order valence-corrected chi connectivity index (χ2v) is 8.14. The summed E-state index contributed by atoms with van der Waals surface area (Å²) in [7, 11) is 0. The third-order valence-electron chi connectivity index (χ3n) is 3.89. The molecule has 2 amide bonds. The lowest BCUT2D eigenvalue weighted by molar-refractivity contribution is -0.139. The van der Waals surface area contributed by atoms with Crippen molar-refractivity contribution in [2.75, 3.05) is 12.3 Å². The Morgan fingerprint density at radius 2 is 2.00 bits per heavy atom. The molecule has 7 nitrogen and oxygen atoms in total. The molecule has 0 radical (unpaired) electrons. The highest BCUT2D eigenvalue weighted by Gasteiger charge is 2.34. The predicted octanol–water partition coefficient (Wildman–Crippen LogP) is 1.65. The van der Waals surface area contributed by atoms with Gasteiger partial charge in [0.25, 0.3) is 11.8 Å². The topological polar surface area (TPSA) is 98.9 Å². The van der Waals surface area contributed by atoms with Crippen molar-refractivity contribution in [3.05, 3.63) is 28.2 Å². The molecule has 1 aromatic heterocycles. The Kier molecular flexibility index (Phi) is 4.42. The quantitative estimate of drug-likeness (QED) is 0.647. The van der Waals surface area contributed by atoms with Gasteiger partial charge in [0.1, 0.15) is 10.6 Å². The molecule has 3 rings (SSSR count). The van der Waals surface area contributed by atoms with Crippen LogP contribution in [-0.4, -0.2) is 40.9 Å². The van der Waals surface area contributed by atoms with Crippen molar-refractivity contribution in [2.24, 2.45) is 0 Å². The Bertz CT molecular complexity index is 757. The molecule has 0 bridgehead atoms. The number of hydrogen-bond donors (Lipinski definition) is 1. The minimum Gasteiger partial charge on any atom is -0.456 e. The minimum absolute atomic E-state index is 0.146. The van der Waals surface area contributed by atoms with E-state index >= 15 is 0 Å². The summed E-state index contributed by atoms with van der Waals surface area (Å²) in [6.45, 7) is 5.82. The van der Waals surface area contributed by atoms with Crippen LogP contribution in [0.15, 0.2) is 12.2 Å². The lowest BCUT2D eigenvalue weighted by atomic mass is 10.0. The van der Waals surface area contributed by atoms with E-state index in [1.807, 2.05) is 0 Å². The standard InChI is InChI=1S/C17H20N2O5S/c1-17(2,3)24-16(22)14-10-6-9(23-8-11(10)25-15(14)18)7-19-12(20)4-5-13(19)21/h4-5,9H,6-8,18H2,1-3H3. The molecule has 1 aromatic rings. The van der Waals surface area contributed by atoms with Crippen molar-refractivity contribution in [1.29, 1.82) is 0 Å². The lowest BCUT2D eigenvalue weighted by Crippen LogP contribution is -2.40. The molecule has 0 fully saturated rings. The van der Waals surface area contributed by atoms with Gasteiger partial charge in [0.2, 0.25) is 0 Å². The summed E-state index contributed by atoms with van der Waals surface area (Å²) in [5.41, 5.74) is 6.57. The van der Waals surface area contributed by atoms with Crippen LogP contribution >= 0.6 is 11.3 Å². The molecule has 0 aliphatic carbocycles. The fourth-order valence-corrected chi connectivity index (χ4v) is 3.84. The van der Waals surface area contributed by atoms with Gasteiger partial charge in [-0.15, -0.1) is 11.3 Å². The van der Waals surface area contributed by atoms with E-state index in [1.165, 1.54) is 23.5 Å². The first-order valence-electron chi connectivity index (χ1n) is 7.94. The van der Waals surface area contributed by atoms with Crippen molar-refractivity contribution >= 4 is 34.1 Å². The number of thiophene rings is 1. The maximum Gasteiger partial charge on any atom is 0.341 e. The third-order valence-corrected chi connectivity index (χ3v) is 4.92. The van der Waals surface area contributed by atoms with Crippen LogP contribution in [0.4, 0.5) is 5.00 Å². The van der Waals surface area contributed by atoms with Gasteiger partial charge in [-0.2, -0.15) is 0 Å². The number of esters is 1. The molecule has 0 aromatic carbocycles. The van der Waals surface area contributed by atoms with Crippen LogP contribution in [0.1, 0.15) is 41.6 Å². The van der Waals surface area contributed by atoms with Crippen LogP contribution in [-0.2, 0) is 32.1 Å². The molecule has 2 aliphatic rings. The van der Waals surface area contributed by atoms with E-state index in [-0.39, 0.29) is 24.5 Å². The van der Waals surface area contributed by atoms with Crippen LogP contribution < -0.4 is 5.73 Å². The van der Waals surface area contributed by atoms with Crippen LogP contribution in [0.2, 0.25) is 0 Å². The van der Waals surface area contributed by atoms with Gasteiger partial charge in [0.15, 0.2) is 0 Å².